The van der Waals surface area contributed by atoms with Gasteiger partial charge in [-0.1, -0.05) is 32.4 Å². The molecule has 4 aliphatic rings. The highest BCUT2D eigenvalue weighted by atomic mass is 14.9. The van der Waals surface area contributed by atoms with E-state index in [1.54, 1.807) is 5.57 Å². The second kappa shape index (κ2) is 1.01. The topological polar surface area (TPSA) is 0 Å². The highest BCUT2D eigenvalue weighted by Gasteiger charge is 2.86. The molecule has 2 saturated carbocycles. The zero-order valence-corrected chi connectivity index (χ0v) is 6.94. The van der Waals surface area contributed by atoms with Crippen LogP contribution in [0.25, 0.3) is 0 Å². The summed E-state index contributed by atoms with van der Waals surface area (Å²) in [6.07, 6.45) is 3.89. The van der Waals surface area contributed by atoms with Crippen molar-refractivity contribution >= 4 is 0 Å². The van der Waals surface area contributed by atoms with Crippen molar-refractivity contribution in [2.45, 2.75) is 27.2 Å². The summed E-state index contributed by atoms with van der Waals surface area (Å²) in [5.74, 6) is 2.11. The quantitative estimate of drug-likeness (QED) is 0.483. The molecule has 0 amide bonds. The molecule has 0 aromatic heterocycles. The van der Waals surface area contributed by atoms with Gasteiger partial charge in [0.1, 0.15) is 0 Å². The fourth-order valence-corrected chi connectivity index (χ4v) is 3.29. The van der Waals surface area contributed by atoms with Gasteiger partial charge in [-0.05, 0) is 29.1 Å². The molecule has 0 radical (unpaired) electrons. The van der Waals surface area contributed by atoms with Gasteiger partial charge in [-0.15, -0.1) is 0 Å². The molecular formula is C10H14. The van der Waals surface area contributed by atoms with Crippen molar-refractivity contribution in [1.82, 2.24) is 0 Å². The molecule has 0 aliphatic heterocycles. The lowest BCUT2D eigenvalue weighted by Gasteiger charge is -2.30. The second-order valence-corrected chi connectivity index (χ2v) is 4.65. The lowest BCUT2D eigenvalue weighted by atomic mass is 9.74. The number of hydrogen-bond acceptors (Lipinski definition) is 0. The van der Waals surface area contributed by atoms with Crippen LogP contribution in [-0.4, -0.2) is 0 Å². The summed E-state index contributed by atoms with van der Waals surface area (Å²) >= 11 is 0. The molecule has 10 heavy (non-hydrogen) atoms. The number of hydrogen-bond donors (Lipinski definition) is 0. The molecule has 3 unspecified atom stereocenters. The van der Waals surface area contributed by atoms with E-state index < -0.39 is 0 Å². The first-order valence-electron chi connectivity index (χ1n) is 4.38. The van der Waals surface area contributed by atoms with Crippen LogP contribution in [0.3, 0.4) is 0 Å². The van der Waals surface area contributed by atoms with Gasteiger partial charge < -0.3 is 0 Å². The molecule has 2 fully saturated rings. The van der Waals surface area contributed by atoms with Crippen LogP contribution in [0.2, 0.25) is 0 Å². The van der Waals surface area contributed by atoms with Gasteiger partial charge in [0.15, 0.2) is 0 Å². The summed E-state index contributed by atoms with van der Waals surface area (Å²) in [5.41, 5.74) is 3.11. The van der Waals surface area contributed by atoms with E-state index in [1.807, 2.05) is 0 Å². The Morgan fingerprint density at radius 3 is 2.20 bits per heavy atom. The minimum absolute atomic E-state index is 0.581. The van der Waals surface area contributed by atoms with Crippen molar-refractivity contribution in [3.8, 4) is 0 Å². The van der Waals surface area contributed by atoms with Crippen LogP contribution in [-0.2, 0) is 0 Å². The summed E-state index contributed by atoms with van der Waals surface area (Å²) < 4.78 is 0. The molecule has 54 valence electrons. The Morgan fingerprint density at radius 2 is 2.00 bits per heavy atom. The minimum Gasteiger partial charge on any atom is -0.0782 e. The molecule has 0 aromatic carbocycles. The van der Waals surface area contributed by atoms with Crippen molar-refractivity contribution in [2.24, 2.45) is 22.7 Å². The summed E-state index contributed by atoms with van der Waals surface area (Å²) in [7, 11) is 0. The van der Waals surface area contributed by atoms with Crippen LogP contribution in [0.5, 0.6) is 0 Å². The lowest BCUT2D eigenvalue weighted by Crippen LogP contribution is -2.23. The van der Waals surface area contributed by atoms with E-state index in [9.17, 15) is 0 Å². The van der Waals surface area contributed by atoms with Gasteiger partial charge in [0.05, 0.1) is 0 Å². The van der Waals surface area contributed by atoms with Crippen molar-refractivity contribution in [3.05, 3.63) is 11.6 Å². The van der Waals surface area contributed by atoms with E-state index in [4.69, 9.17) is 0 Å². The van der Waals surface area contributed by atoms with E-state index >= 15 is 0 Å². The average Bonchev–Trinajstić information content (AvgIpc) is 2.73. The molecule has 0 heterocycles. The molecule has 0 heteroatoms. The smallest absolute Gasteiger partial charge is 0.00601 e. The molecule has 4 aliphatic carbocycles. The lowest BCUT2D eigenvalue weighted by molar-refractivity contribution is 0.226. The molecule has 0 saturated heterocycles. The first-order valence-corrected chi connectivity index (χ1v) is 4.38. The van der Waals surface area contributed by atoms with E-state index in [0.29, 0.717) is 5.41 Å². The normalized spacial score (nSPS) is 67.3. The number of allylic oxidation sites excluding steroid dienone is 2. The van der Waals surface area contributed by atoms with Crippen molar-refractivity contribution < 1.29 is 0 Å². The van der Waals surface area contributed by atoms with Gasteiger partial charge >= 0.3 is 0 Å². The molecule has 0 N–H and O–H groups in total. The third kappa shape index (κ3) is 0.260. The van der Waals surface area contributed by atoms with Gasteiger partial charge in [0.25, 0.3) is 0 Å². The SMILES string of the molecule is CCC1(C)C=C2C3C2C31C. The van der Waals surface area contributed by atoms with Gasteiger partial charge in [-0.3, -0.25) is 0 Å². The molecule has 0 spiro atoms. The van der Waals surface area contributed by atoms with Crippen LogP contribution in [0, 0.1) is 22.7 Å². The zero-order chi connectivity index (χ0) is 7.15. The zero-order valence-electron chi connectivity index (χ0n) is 6.94. The fraction of sp³-hybridized carbons (Fsp3) is 0.800. The van der Waals surface area contributed by atoms with Gasteiger partial charge in [-0.25, -0.2) is 0 Å². The van der Waals surface area contributed by atoms with Crippen LogP contribution in [0.15, 0.2) is 11.6 Å². The molecule has 3 atom stereocenters. The van der Waals surface area contributed by atoms with E-state index in [2.05, 4.69) is 26.8 Å². The third-order valence-corrected chi connectivity index (χ3v) is 4.58. The highest BCUT2D eigenvalue weighted by molar-refractivity contribution is 5.60. The maximum Gasteiger partial charge on any atom is -0.00601 e. The maximum absolute atomic E-state index is 2.56. The fourth-order valence-electron chi connectivity index (χ4n) is 3.29. The average molecular weight is 134 g/mol. The molecule has 0 aromatic rings. The van der Waals surface area contributed by atoms with Gasteiger partial charge in [-0.2, -0.15) is 0 Å². The van der Waals surface area contributed by atoms with Crippen molar-refractivity contribution in [1.29, 1.82) is 0 Å². The standard InChI is InChI=1S/C10H14/c1-4-9(2)5-6-7-8(6)10(7,9)3/h5,7-8H,4H2,1-3H3. The maximum atomic E-state index is 2.56. The summed E-state index contributed by atoms with van der Waals surface area (Å²) in [4.78, 5) is 0. The van der Waals surface area contributed by atoms with Crippen LogP contribution in [0.1, 0.15) is 27.2 Å². The number of fused-ring (bicyclic) bond motifs is 1. The van der Waals surface area contributed by atoms with E-state index in [-0.39, 0.29) is 0 Å². The summed E-state index contributed by atoms with van der Waals surface area (Å²) in [6, 6.07) is 0. The van der Waals surface area contributed by atoms with Crippen molar-refractivity contribution in [2.75, 3.05) is 0 Å². The molecule has 4 rings (SSSR count). The second-order valence-electron chi connectivity index (χ2n) is 4.65. The van der Waals surface area contributed by atoms with E-state index in [1.165, 1.54) is 6.42 Å². The van der Waals surface area contributed by atoms with Crippen LogP contribution in [0.4, 0.5) is 0 Å². The minimum atomic E-state index is 0.581. The van der Waals surface area contributed by atoms with Crippen LogP contribution >= 0.6 is 0 Å². The first kappa shape index (κ1) is 5.40. The Kier molecular flexibility index (Phi) is 0.547. The highest BCUT2D eigenvalue weighted by Crippen LogP contribution is 2.92. The monoisotopic (exact) mass is 134 g/mol. The van der Waals surface area contributed by atoms with Gasteiger partial charge in [0, 0.05) is 0 Å². The predicted octanol–water partition coefficient (Wildman–Crippen LogP) is 2.61. The Balaban J connectivity index is 2.10. The van der Waals surface area contributed by atoms with E-state index in [0.717, 1.165) is 17.3 Å². The summed E-state index contributed by atoms with van der Waals surface area (Å²) in [6.45, 7) is 7.22. The van der Waals surface area contributed by atoms with Crippen LogP contribution < -0.4 is 0 Å². The molecule has 2 bridgehead atoms. The summed E-state index contributed by atoms with van der Waals surface area (Å²) in [5, 5.41) is 0. The Bertz CT molecular complexity index is 237. The number of rotatable bonds is 1. The molecular weight excluding hydrogens is 120 g/mol. The van der Waals surface area contributed by atoms with Gasteiger partial charge in [0.2, 0.25) is 0 Å². The third-order valence-electron chi connectivity index (χ3n) is 4.58. The Hall–Kier alpha value is -0.260. The Labute approximate surface area is 62.3 Å². The Morgan fingerprint density at radius 1 is 1.40 bits per heavy atom. The largest absolute Gasteiger partial charge is 0.0782 e. The van der Waals surface area contributed by atoms with Crippen molar-refractivity contribution in [3.63, 3.8) is 0 Å². The predicted molar refractivity (Wildman–Crippen MR) is 41.6 cm³/mol. The first-order chi connectivity index (χ1) is 4.65. The molecule has 0 nitrogen and oxygen atoms in total.